The van der Waals surface area contributed by atoms with E-state index in [1.807, 2.05) is 0 Å². The van der Waals surface area contributed by atoms with Crippen molar-refractivity contribution < 1.29 is 22.4 Å². The van der Waals surface area contributed by atoms with Gasteiger partial charge in [-0.2, -0.15) is 4.31 Å². The van der Waals surface area contributed by atoms with E-state index >= 15 is 0 Å². The van der Waals surface area contributed by atoms with Gasteiger partial charge >= 0.3 is 0 Å². The number of anilines is 2. The number of nitrogens with one attached hydrogen (secondary N) is 1. The molecule has 0 aliphatic carbocycles. The van der Waals surface area contributed by atoms with Gasteiger partial charge < -0.3 is 10.2 Å². The molecule has 0 unspecified atom stereocenters. The van der Waals surface area contributed by atoms with Crippen molar-refractivity contribution in [2.24, 2.45) is 5.92 Å². The topological polar surface area (TPSA) is 86.8 Å². The number of carbonyl (C=O) groups is 2. The van der Waals surface area contributed by atoms with Crippen LogP contribution in [-0.4, -0.2) is 44.2 Å². The highest BCUT2D eigenvalue weighted by atomic mass is 79.9. The van der Waals surface area contributed by atoms with Gasteiger partial charge in [0.1, 0.15) is 5.82 Å². The Kier molecular flexibility index (Phi) is 7.12. The summed E-state index contributed by atoms with van der Waals surface area (Å²) in [5.74, 6) is -1.36. The van der Waals surface area contributed by atoms with E-state index in [0.29, 0.717) is 60.2 Å². The minimum absolute atomic E-state index is 0.0314. The summed E-state index contributed by atoms with van der Waals surface area (Å²) < 4.78 is 42.8. The van der Waals surface area contributed by atoms with E-state index in [-0.39, 0.29) is 23.3 Å². The van der Waals surface area contributed by atoms with Crippen LogP contribution in [0.2, 0.25) is 0 Å². The van der Waals surface area contributed by atoms with Gasteiger partial charge in [-0.05, 0) is 77.5 Å². The minimum Gasteiger partial charge on any atom is -0.326 e. The summed E-state index contributed by atoms with van der Waals surface area (Å²) in [4.78, 5) is 26.9. The van der Waals surface area contributed by atoms with Crippen LogP contribution in [0.15, 0.2) is 39.7 Å². The van der Waals surface area contributed by atoms with Crippen molar-refractivity contribution in [3.05, 3.63) is 51.7 Å². The molecule has 1 N–H and O–H groups in total. The zero-order chi connectivity index (χ0) is 24.6. The summed E-state index contributed by atoms with van der Waals surface area (Å²) in [6.45, 7) is 4.28. The zero-order valence-electron chi connectivity index (χ0n) is 19.1. The number of aryl methyl sites for hydroxylation is 1. The Hall–Kier alpha value is -2.30. The van der Waals surface area contributed by atoms with Gasteiger partial charge in [0.25, 0.3) is 0 Å². The molecule has 2 aromatic rings. The normalized spacial score (nSPS) is 18.6. The number of nitrogens with zero attached hydrogens (tertiary/aromatic N) is 2. The maximum Gasteiger partial charge on any atom is 0.244 e. The number of hydrogen-bond acceptors (Lipinski definition) is 4. The molecule has 1 saturated heterocycles. The monoisotopic (exact) mass is 551 g/mol. The summed E-state index contributed by atoms with van der Waals surface area (Å²) in [5.41, 5.74) is 2.37. The van der Waals surface area contributed by atoms with E-state index in [0.717, 1.165) is 5.56 Å². The number of fused-ring (bicyclic) bond motifs is 1. The molecule has 0 aromatic heterocycles. The van der Waals surface area contributed by atoms with Gasteiger partial charge in [0, 0.05) is 41.9 Å². The predicted octanol–water partition coefficient (Wildman–Crippen LogP) is 4.24. The number of carbonyl (C=O) groups excluding carboxylic acids is 2. The molecule has 182 valence electrons. The number of hydrogen-bond donors (Lipinski definition) is 1. The SMILES string of the molecule is CCC(=O)N1CCc2cc(Br)c(S(=O)(=O)N3CCC[C@H](C(=O)Nc4ccc(C)c(F)c4)C3)cc21. The number of benzene rings is 2. The number of sulfonamides is 1. The van der Waals surface area contributed by atoms with Crippen LogP contribution < -0.4 is 10.2 Å². The van der Waals surface area contributed by atoms with Gasteiger partial charge in [-0.1, -0.05) is 13.0 Å². The zero-order valence-corrected chi connectivity index (χ0v) is 21.5. The first-order valence-corrected chi connectivity index (χ1v) is 13.5. The fourth-order valence-corrected chi connectivity index (χ4v) is 7.06. The van der Waals surface area contributed by atoms with Gasteiger partial charge in [-0.15, -0.1) is 0 Å². The highest BCUT2D eigenvalue weighted by molar-refractivity contribution is 9.10. The van der Waals surface area contributed by atoms with Crippen LogP contribution in [0.25, 0.3) is 0 Å². The van der Waals surface area contributed by atoms with Crippen LogP contribution in [0.3, 0.4) is 0 Å². The lowest BCUT2D eigenvalue weighted by Crippen LogP contribution is -2.43. The molecule has 7 nitrogen and oxygen atoms in total. The third kappa shape index (κ3) is 4.76. The number of rotatable bonds is 5. The first-order valence-electron chi connectivity index (χ1n) is 11.3. The fourth-order valence-electron chi connectivity index (χ4n) is 4.46. The van der Waals surface area contributed by atoms with Crippen LogP contribution in [0.4, 0.5) is 15.8 Å². The largest absolute Gasteiger partial charge is 0.326 e. The minimum atomic E-state index is -3.91. The molecule has 1 atom stereocenters. The second-order valence-corrected chi connectivity index (χ2v) is 11.5. The fraction of sp³-hybridized carbons (Fsp3) is 0.417. The average molecular weight is 552 g/mol. The quantitative estimate of drug-likeness (QED) is 0.602. The standard InChI is InChI=1S/C24H27BrFN3O4S/c1-3-23(30)29-10-8-16-11-19(25)22(13-21(16)29)34(32,33)28-9-4-5-17(14-28)24(31)27-18-7-6-15(2)20(26)12-18/h6-7,11-13,17H,3-5,8-10,14H2,1-2H3,(H,27,31)/t17-/m0/s1. The molecule has 0 radical (unpaired) electrons. The second kappa shape index (κ2) is 9.75. The van der Waals surface area contributed by atoms with Gasteiger partial charge in [0.15, 0.2) is 0 Å². The first kappa shape index (κ1) is 24.8. The van der Waals surface area contributed by atoms with Crippen LogP contribution in [0, 0.1) is 18.7 Å². The molecule has 34 heavy (non-hydrogen) atoms. The molecule has 0 saturated carbocycles. The summed E-state index contributed by atoms with van der Waals surface area (Å²) in [6.07, 6.45) is 2.08. The van der Waals surface area contributed by atoms with E-state index in [1.165, 1.54) is 10.4 Å². The molecule has 2 aliphatic rings. The lowest BCUT2D eigenvalue weighted by atomic mass is 9.98. The van der Waals surface area contributed by atoms with Crippen molar-refractivity contribution in [1.82, 2.24) is 4.31 Å². The Morgan fingerprint density at radius 2 is 1.97 bits per heavy atom. The van der Waals surface area contributed by atoms with Gasteiger partial charge in [0.2, 0.25) is 21.8 Å². The summed E-state index contributed by atoms with van der Waals surface area (Å²) >= 11 is 3.40. The van der Waals surface area contributed by atoms with Gasteiger partial charge in [-0.25, -0.2) is 12.8 Å². The molecule has 10 heteroatoms. The molecular formula is C24H27BrFN3O4S. The van der Waals surface area contributed by atoms with Crippen LogP contribution in [0.1, 0.15) is 37.3 Å². The van der Waals surface area contributed by atoms with Crippen LogP contribution >= 0.6 is 15.9 Å². The van der Waals surface area contributed by atoms with Crippen molar-refractivity contribution in [3.8, 4) is 0 Å². The number of halogens is 2. The number of amides is 2. The van der Waals surface area contributed by atoms with Gasteiger partial charge in [0.05, 0.1) is 10.8 Å². The number of piperidine rings is 1. The van der Waals surface area contributed by atoms with E-state index in [4.69, 9.17) is 0 Å². The Bertz CT molecular complexity index is 1250. The Balaban J connectivity index is 1.55. The van der Waals surface area contributed by atoms with E-state index in [1.54, 1.807) is 43.0 Å². The Morgan fingerprint density at radius 3 is 2.68 bits per heavy atom. The summed E-state index contributed by atoms with van der Waals surface area (Å²) in [6, 6.07) is 7.80. The average Bonchev–Trinajstić information content (AvgIpc) is 3.23. The van der Waals surface area contributed by atoms with E-state index in [9.17, 15) is 22.4 Å². The summed E-state index contributed by atoms with van der Waals surface area (Å²) in [7, 11) is -3.91. The van der Waals surface area contributed by atoms with Crippen LogP contribution in [-0.2, 0) is 26.0 Å². The second-order valence-electron chi connectivity index (χ2n) is 8.72. The molecule has 2 aromatic carbocycles. The molecule has 0 bridgehead atoms. The maximum atomic E-state index is 13.8. The third-order valence-electron chi connectivity index (χ3n) is 6.44. The molecule has 0 spiro atoms. The lowest BCUT2D eigenvalue weighted by Gasteiger charge is -2.31. The van der Waals surface area contributed by atoms with E-state index < -0.39 is 21.8 Å². The van der Waals surface area contributed by atoms with Crippen molar-refractivity contribution in [1.29, 1.82) is 0 Å². The van der Waals surface area contributed by atoms with Crippen molar-refractivity contribution >= 4 is 49.1 Å². The first-order chi connectivity index (χ1) is 16.1. The summed E-state index contributed by atoms with van der Waals surface area (Å²) in [5, 5.41) is 2.71. The highest BCUT2D eigenvalue weighted by Crippen LogP contribution is 2.37. The van der Waals surface area contributed by atoms with E-state index in [2.05, 4.69) is 21.2 Å². The third-order valence-corrected chi connectivity index (χ3v) is 9.27. The molecular weight excluding hydrogens is 525 g/mol. The smallest absolute Gasteiger partial charge is 0.244 e. The predicted molar refractivity (Wildman–Crippen MR) is 132 cm³/mol. The highest BCUT2D eigenvalue weighted by Gasteiger charge is 2.36. The van der Waals surface area contributed by atoms with Crippen molar-refractivity contribution in [3.63, 3.8) is 0 Å². The van der Waals surface area contributed by atoms with Crippen LogP contribution in [0.5, 0.6) is 0 Å². The maximum absolute atomic E-state index is 13.8. The molecule has 2 aliphatic heterocycles. The van der Waals surface area contributed by atoms with Crippen molar-refractivity contribution in [2.75, 3.05) is 29.9 Å². The Morgan fingerprint density at radius 1 is 1.21 bits per heavy atom. The van der Waals surface area contributed by atoms with Crippen molar-refractivity contribution in [2.45, 2.75) is 44.4 Å². The molecule has 2 amide bonds. The Labute approximate surface area is 207 Å². The molecule has 2 heterocycles. The lowest BCUT2D eigenvalue weighted by molar-refractivity contribution is -0.121. The van der Waals surface area contributed by atoms with Gasteiger partial charge in [-0.3, -0.25) is 9.59 Å². The molecule has 1 fully saturated rings. The molecule has 4 rings (SSSR count).